The van der Waals surface area contributed by atoms with Gasteiger partial charge < -0.3 is 0 Å². The molecule has 1 aromatic rings. The smallest absolute Gasteiger partial charge is 0.142 e. The van der Waals surface area contributed by atoms with Crippen LogP contribution in [0.2, 0.25) is 0 Å². The zero-order valence-electron chi connectivity index (χ0n) is 10.1. The summed E-state index contributed by atoms with van der Waals surface area (Å²) >= 11 is 0. The van der Waals surface area contributed by atoms with E-state index in [9.17, 15) is 4.79 Å². The highest BCUT2D eigenvalue weighted by atomic mass is 16.1. The minimum Gasteiger partial charge on any atom is -0.299 e. The van der Waals surface area contributed by atoms with Crippen LogP contribution in [-0.4, -0.2) is 6.29 Å². The summed E-state index contributed by atoms with van der Waals surface area (Å²) in [7, 11) is 0. The van der Waals surface area contributed by atoms with E-state index in [4.69, 9.17) is 0 Å². The summed E-state index contributed by atoms with van der Waals surface area (Å²) < 4.78 is 0. The molecule has 0 heterocycles. The number of rotatable bonds is 6. The zero-order chi connectivity index (χ0) is 12.9. The third kappa shape index (κ3) is 6.96. The monoisotopic (exact) mass is 236 g/mol. The number of allylic oxidation sites excluding steroid dienone is 9. The van der Waals surface area contributed by atoms with Crippen LogP contribution in [0, 0.1) is 0 Å². The number of hydrogen-bond donors (Lipinski definition) is 0. The van der Waals surface area contributed by atoms with Gasteiger partial charge in [0.05, 0.1) is 0 Å². The van der Waals surface area contributed by atoms with Crippen LogP contribution >= 0.6 is 0 Å². The molecule has 0 aliphatic rings. The largest absolute Gasteiger partial charge is 0.299 e. The van der Waals surface area contributed by atoms with Crippen molar-refractivity contribution < 1.29 is 4.79 Å². The molecule has 0 aliphatic carbocycles. The Morgan fingerprint density at radius 1 is 0.611 bits per heavy atom. The Bertz CT molecular complexity index is 474. The van der Waals surface area contributed by atoms with Crippen molar-refractivity contribution in [3.8, 4) is 0 Å². The van der Waals surface area contributed by atoms with Gasteiger partial charge in [0.1, 0.15) is 6.29 Å². The molecule has 1 heteroatoms. The predicted molar refractivity (Wildman–Crippen MR) is 78.1 cm³/mol. The van der Waals surface area contributed by atoms with Crippen LogP contribution in [0.15, 0.2) is 85.0 Å². The highest BCUT2D eigenvalue weighted by molar-refractivity contribution is 5.65. The summed E-state index contributed by atoms with van der Waals surface area (Å²) in [6, 6.07) is 10.1. The van der Waals surface area contributed by atoms with Crippen LogP contribution in [0.3, 0.4) is 0 Å². The molecule has 90 valence electrons. The second-order valence-corrected chi connectivity index (χ2v) is 3.45. The van der Waals surface area contributed by atoms with Gasteiger partial charge in [0, 0.05) is 0 Å². The number of carbonyl (C=O) groups excluding carboxylic acids is 1. The predicted octanol–water partition coefficient (Wildman–Crippen LogP) is 4.12. The average Bonchev–Trinajstić information content (AvgIpc) is 2.42. The van der Waals surface area contributed by atoms with Crippen molar-refractivity contribution in [2.75, 3.05) is 0 Å². The first-order valence-corrected chi connectivity index (χ1v) is 5.77. The van der Waals surface area contributed by atoms with E-state index in [1.165, 1.54) is 11.6 Å². The number of aldehydes is 1. The molecule has 0 aromatic heterocycles. The molecule has 0 saturated heterocycles. The second-order valence-electron chi connectivity index (χ2n) is 3.45. The fourth-order valence-corrected chi connectivity index (χ4v) is 1.23. The fourth-order valence-electron chi connectivity index (χ4n) is 1.23. The van der Waals surface area contributed by atoms with Crippen LogP contribution in [0.5, 0.6) is 0 Å². The number of benzene rings is 1. The van der Waals surface area contributed by atoms with E-state index >= 15 is 0 Å². The molecule has 0 aliphatic heterocycles. The molecular formula is C17H16O. The maximum absolute atomic E-state index is 9.97. The van der Waals surface area contributed by atoms with Gasteiger partial charge in [-0.1, -0.05) is 85.0 Å². The van der Waals surface area contributed by atoms with Gasteiger partial charge in [-0.3, -0.25) is 4.79 Å². The normalized spacial score (nSPS) is 12.7. The first-order chi connectivity index (χ1) is 8.93. The molecule has 0 N–H and O–H groups in total. The van der Waals surface area contributed by atoms with Crippen molar-refractivity contribution in [1.82, 2.24) is 0 Å². The second kappa shape index (κ2) is 9.79. The van der Waals surface area contributed by atoms with Crippen LogP contribution in [0.4, 0.5) is 0 Å². The van der Waals surface area contributed by atoms with Gasteiger partial charge in [-0.05, 0) is 11.6 Å². The molecule has 0 saturated carbocycles. The molecule has 18 heavy (non-hydrogen) atoms. The van der Waals surface area contributed by atoms with Crippen molar-refractivity contribution in [2.24, 2.45) is 0 Å². The Kier molecular flexibility index (Phi) is 7.43. The standard InChI is InChI=1S/C17H16O/c18-16-12-7-5-3-1-2-4-6-9-13-17-14-10-8-11-15-17/h1-16H/b2-1+,5-3+,6-4+,12-7-,13-9+. The van der Waals surface area contributed by atoms with E-state index in [0.29, 0.717) is 0 Å². The van der Waals surface area contributed by atoms with Gasteiger partial charge in [0.15, 0.2) is 0 Å². The molecule has 1 nitrogen and oxygen atoms in total. The SMILES string of the molecule is O=C\C=C/C=C/C=C/C=C/C=C/c1ccccc1. The van der Waals surface area contributed by atoms with E-state index in [1.54, 1.807) is 12.2 Å². The molecule has 1 rings (SSSR count). The maximum atomic E-state index is 9.97. The summed E-state index contributed by atoms with van der Waals surface area (Å²) in [6.07, 6.45) is 19.4. The van der Waals surface area contributed by atoms with Gasteiger partial charge in [-0.25, -0.2) is 0 Å². The van der Waals surface area contributed by atoms with Crippen LogP contribution in [0.25, 0.3) is 6.08 Å². The quantitative estimate of drug-likeness (QED) is 0.412. The first-order valence-electron chi connectivity index (χ1n) is 5.77. The van der Waals surface area contributed by atoms with Crippen LogP contribution in [0.1, 0.15) is 5.56 Å². The zero-order valence-corrected chi connectivity index (χ0v) is 10.1. The fraction of sp³-hybridized carbons (Fsp3) is 0. The van der Waals surface area contributed by atoms with Gasteiger partial charge in [0.25, 0.3) is 0 Å². The Labute approximate surface area is 108 Å². The molecule has 0 bridgehead atoms. The summed E-state index contributed by atoms with van der Waals surface area (Å²) in [5, 5.41) is 0. The Hall–Kier alpha value is -2.41. The Morgan fingerprint density at radius 3 is 1.67 bits per heavy atom. The lowest BCUT2D eigenvalue weighted by Crippen LogP contribution is -1.66. The average molecular weight is 236 g/mol. The van der Waals surface area contributed by atoms with Crippen molar-refractivity contribution in [1.29, 1.82) is 0 Å². The van der Waals surface area contributed by atoms with E-state index in [-0.39, 0.29) is 0 Å². The van der Waals surface area contributed by atoms with E-state index in [0.717, 1.165) is 6.29 Å². The third-order valence-corrected chi connectivity index (χ3v) is 2.06. The number of carbonyl (C=O) groups is 1. The third-order valence-electron chi connectivity index (χ3n) is 2.06. The molecule has 0 spiro atoms. The van der Waals surface area contributed by atoms with E-state index in [1.807, 2.05) is 60.7 Å². The summed E-state index contributed by atoms with van der Waals surface area (Å²) in [5.41, 5.74) is 1.19. The van der Waals surface area contributed by atoms with Crippen molar-refractivity contribution in [3.63, 3.8) is 0 Å². The highest BCUT2D eigenvalue weighted by Crippen LogP contribution is 2.00. The Balaban J connectivity index is 2.31. The molecule has 1 aromatic carbocycles. The van der Waals surface area contributed by atoms with Crippen LogP contribution in [-0.2, 0) is 4.79 Å². The molecule has 0 radical (unpaired) electrons. The lowest BCUT2D eigenvalue weighted by Gasteiger charge is -1.87. The molecule has 0 fully saturated rings. The minimum absolute atomic E-state index is 0.752. The first kappa shape index (κ1) is 13.7. The summed E-state index contributed by atoms with van der Waals surface area (Å²) in [4.78, 5) is 9.97. The lowest BCUT2D eigenvalue weighted by molar-refractivity contribution is -0.104. The van der Waals surface area contributed by atoms with Crippen molar-refractivity contribution in [2.45, 2.75) is 0 Å². The molecule has 0 amide bonds. The van der Waals surface area contributed by atoms with Crippen LogP contribution < -0.4 is 0 Å². The molecular weight excluding hydrogens is 220 g/mol. The van der Waals surface area contributed by atoms with Gasteiger partial charge in [0.2, 0.25) is 0 Å². The minimum atomic E-state index is 0.752. The van der Waals surface area contributed by atoms with Gasteiger partial charge in [-0.2, -0.15) is 0 Å². The lowest BCUT2D eigenvalue weighted by atomic mass is 10.2. The summed E-state index contributed by atoms with van der Waals surface area (Å²) in [6.45, 7) is 0. The van der Waals surface area contributed by atoms with Crippen molar-refractivity contribution in [3.05, 3.63) is 90.6 Å². The molecule has 0 unspecified atom stereocenters. The summed E-state index contributed by atoms with van der Waals surface area (Å²) in [5.74, 6) is 0. The number of hydrogen-bond acceptors (Lipinski definition) is 1. The van der Waals surface area contributed by atoms with Gasteiger partial charge >= 0.3 is 0 Å². The van der Waals surface area contributed by atoms with E-state index < -0.39 is 0 Å². The van der Waals surface area contributed by atoms with E-state index in [2.05, 4.69) is 12.1 Å². The van der Waals surface area contributed by atoms with Crippen molar-refractivity contribution >= 4 is 12.4 Å². The highest BCUT2D eigenvalue weighted by Gasteiger charge is 1.78. The topological polar surface area (TPSA) is 17.1 Å². The molecule has 0 atom stereocenters. The Morgan fingerprint density at radius 2 is 1.11 bits per heavy atom. The van der Waals surface area contributed by atoms with Gasteiger partial charge in [-0.15, -0.1) is 0 Å². The maximum Gasteiger partial charge on any atom is 0.142 e.